The topological polar surface area (TPSA) is 88.9 Å². The summed E-state index contributed by atoms with van der Waals surface area (Å²) in [5, 5.41) is 9.82. The zero-order chi connectivity index (χ0) is 18.2. The molecule has 0 atom stereocenters. The van der Waals surface area contributed by atoms with E-state index in [1.807, 2.05) is 42.5 Å². The maximum absolute atomic E-state index is 11.9. The number of hydrogen-bond acceptors (Lipinski definition) is 4. The molecule has 0 radical (unpaired) electrons. The molecule has 132 valence electrons. The number of nitrogens with zero attached hydrogens (tertiary/aromatic N) is 3. The zero-order valence-electron chi connectivity index (χ0n) is 14.1. The van der Waals surface area contributed by atoms with Crippen LogP contribution in [0.5, 0.6) is 0 Å². The summed E-state index contributed by atoms with van der Waals surface area (Å²) < 4.78 is 1.33. The molecule has 7 heteroatoms. The first-order valence-electron chi connectivity index (χ1n) is 8.26. The number of hydrogen-bond donors (Lipinski definition) is 2. The summed E-state index contributed by atoms with van der Waals surface area (Å²) in [4.78, 5) is 27.8. The second-order valence-electron chi connectivity index (χ2n) is 5.62. The van der Waals surface area contributed by atoms with Crippen LogP contribution in [-0.2, 0) is 13.1 Å². The van der Waals surface area contributed by atoms with E-state index in [9.17, 15) is 9.59 Å². The minimum atomic E-state index is -0.287. The van der Waals surface area contributed by atoms with Gasteiger partial charge in [0.05, 0.1) is 12.2 Å². The van der Waals surface area contributed by atoms with Crippen molar-refractivity contribution < 1.29 is 4.79 Å². The van der Waals surface area contributed by atoms with E-state index in [1.54, 1.807) is 18.5 Å². The lowest BCUT2D eigenvalue weighted by Crippen LogP contribution is -2.38. The van der Waals surface area contributed by atoms with Crippen LogP contribution in [0, 0.1) is 0 Å². The highest BCUT2D eigenvalue weighted by molar-refractivity contribution is 5.73. The number of benzene rings is 1. The van der Waals surface area contributed by atoms with Crippen molar-refractivity contribution in [2.75, 3.05) is 6.54 Å². The predicted octanol–water partition coefficient (Wildman–Crippen LogP) is 1.80. The Kier molecular flexibility index (Phi) is 5.72. The van der Waals surface area contributed by atoms with Crippen molar-refractivity contribution in [3.05, 3.63) is 82.9 Å². The van der Waals surface area contributed by atoms with Gasteiger partial charge in [0.15, 0.2) is 0 Å². The van der Waals surface area contributed by atoms with Crippen LogP contribution in [0.4, 0.5) is 4.79 Å². The third-order valence-corrected chi connectivity index (χ3v) is 3.73. The van der Waals surface area contributed by atoms with Crippen LogP contribution in [0.1, 0.15) is 5.56 Å². The number of rotatable bonds is 6. The molecule has 2 amide bonds. The van der Waals surface area contributed by atoms with Gasteiger partial charge in [-0.05, 0) is 23.8 Å². The zero-order valence-corrected chi connectivity index (χ0v) is 14.1. The van der Waals surface area contributed by atoms with Gasteiger partial charge in [-0.3, -0.25) is 9.78 Å². The molecule has 0 spiro atoms. The van der Waals surface area contributed by atoms with E-state index in [0.29, 0.717) is 18.8 Å². The van der Waals surface area contributed by atoms with Crippen LogP contribution in [0.3, 0.4) is 0 Å². The maximum Gasteiger partial charge on any atom is 0.315 e. The van der Waals surface area contributed by atoms with E-state index < -0.39 is 0 Å². The Balaban J connectivity index is 1.53. The molecule has 0 aliphatic rings. The number of urea groups is 1. The Labute approximate surface area is 150 Å². The molecule has 0 unspecified atom stereocenters. The Morgan fingerprint density at radius 1 is 1.00 bits per heavy atom. The van der Waals surface area contributed by atoms with Gasteiger partial charge >= 0.3 is 6.03 Å². The molecule has 0 bridgehead atoms. The first kappa shape index (κ1) is 17.3. The number of pyridine rings is 1. The van der Waals surface area contributed by atoms with Gasteiger partial charge in [0.1, 0.15) is 0 Å². The van der Waals surface area contributed by atoms with Gasteiger partial charge in [0.2, 0.25) is 0 Å². The summed E-state index contributed by atoms with van der Waals surface area (Å²) in [7, 11) is 0. The Bertz CT molecular complexity index is 910. The van der Waals surface area contributed by atoms with Crippen LogP contribution in [0.2, 0.25) is 0 Å². The third-order valence-electron chi connectivity index (χ3n) is 3.73. The Morgan fingerprint density at radius 3 is 2.62 bits per heavy atom. The van der Waals surface area contributed by atoms with E-state index in [2.05, 4.69) is 20.7 Å². The summed E-state index contributed by atoms with van der Waals surface area (Å²) >= 11 is 0. The quantitative estimate of drug-likeness (QED) is 0.710. The van der Waals surface area contributed by atoms with Gasteiger partial charge in [-0.1, -0.05) is 30.3 Å². The van der Waals surface area contributed by atoms with Crippen LogP contribution in [0.25, 0.3) is 11.3 Å². The van der Waals surface area contributed by atoms with E-state index in [4.69, 9.17) is 0 Å². The molecule has 26 heavy (non-hydrogen) atoms. The van der Waals surface area contributed by atoms with Gasteiger partial charge in [0.25, 0.3) is 5.56 Å². The smallest absolute Gasteiger partial charge is 0.315 e. The fourth-order valence-electron chi connectivity index (χ4n) is 2.39. The average molecular weight is 349 g/mol. The lowest BCUT2D eigenvalue weighted by molar-refractivity contribution is 0.240. The molecule has 7 nitrogen and oxygen atoms in total. The minimum Gasteiger partial charge on any atom is -0.336 e. The number of carbonyl (C=O) groups excluding carboxylic acids is 1. The van der Waals surface area contributed by atoms with Crippen LogP contribution in [-0.4, -0.2) is 27.3 Å². The second-order valence-corrected chi connectivity index (χ2v) is 5.62. The summed E-state index contributed by atoms with van der Waals surface area (Å²) in [6.45, 7) is 1.02. The van der Waals surface area contributed by atoms with Gasteiger partial charge in [-0.25, -0.2) is 9.48 Å². The van der Waals surface area contributed by atoms with E-state index in [1.165, 1.54) is 10.7 Å². The molecule has 2 N–H and O–H groups in total. The number of amides is 2. The highest BCUT2D eigenvalue weighted by Gasteiger charge is 2.05. The fraction of sp³-hybridized carbons (Fsp3) is 0.158. The molecular weight excluding hydrogens is 330 g/mol. The second kappa shape index (κ2) is 8.57. The minimum absolute atomic E-state index is 0.218. The van der Waals surface area contributed by atoms with E-state index >= 15 is 0 Å². The molecule has 0 saturated carbocycles. The fourth-order valence-corrected chi connectivity index (χ4v) is 2.39. The molecule has 1 aromatic carbocycles. The van der Waals surface area contributed by atoms with Crippen LogP contribution >= 0.6 is 0 Å². The van der Waals surface area contributed by atoms with Gasteiger partial charge < -0.3 is 10.6 Å². The van der Waals surface area contributed by atoms with Crippen molar-refractivity contribution >= 4 is 6.03 Å². The van der Waals surface area contributed by atoms with Crippen molar-refractivity contribution in [1.82, 2.24) is 25.4 Å². The van der Waals surface area contributed by atoms with E-state index in [0.717, 1.165) is 11.1 Å². The van der Waals surface area contributed by atoms with Crippen LogP contribution in [0.15, 0.2) is 71.8 Å². The molecular formula is C19H19N5O2. The summed E-state index contributed by atoms with van der Waals surface area (Å²) in [5.74, 6) is 0. The molecule has 2 aromatic heterocycles. The Morgan fingerprint density at radius 2 is 1.85 bits per heavy atom. The predicted molar refractivity (Wildman–Crippen MR) is 98.4 cm³/mol. The van der Waals surface area contributed by atoms with Crippen molar-refractivity contribution in [3.63, 3.8) is 0 Å². The molecule has 3 aromatic rings. The molecule has 2 heterocycles. The molecule has 0 aliphatic heterocycles. The van der Waals surface area contributed by atoms with Gasteiger partial charge in [-0.2, -0.15) is 5.10 Å². The lowest BCUT2D eigenvalue weighted by Gasteiger charge is -2.09. The third kappa shape index (κ3) is 4.76. The maximum atomic E-state index is 11.9. The molecule has 0 saturated heterocycles. The monoisotopic (exact) mass is 349 g/mol. The number of carbonyl (C=O) groups is 1. The number of nitrogens with one attached hydrogen (secondary N) is 2. The van der Waals surface area contributed by atoms with Crippen molar-refractivity contribution in [1.29, 1.82) is 0 Å². The molecule has 3 rings (SSSR count). The largest absolute Gasteiger partial charge is 0.336 e. The highest BCUT2D eigenvalue weighted by atomic mass is 16.2. The standard InChI is InChI=1S/C19H19N5O2/c25-18-9-8-17(16-7-4-10-20-14-16)23-24(18)12-11-21-19(26)22-13-15-5-2-1-3-6-15/h1-10,14H,11-13H2,(H2,21,22,26). The van der Waals surface area contributed by atoms with Gasteiger partial charge in [-0.15, -0.1) is 0 Å². The van der Waals surface area contributed by atoms with Crippen LogP contribution < -0.4 is 16.2 Å². The first-order chi connectivity index (χ1) is 12.7. The van der Waals surface area contributed by atoms with Crippen molar-refractivity contribution in [2.24, 2.45) is 0 Å². The van der Waals surface area contributed by atoms with Gasteiger partial charge in [0, 0.05) is 37.1 Å². The summed E-state index contributed by atoms with van der Waals surface area (Å²) in [5.41, 5.74) is 2.29. The highest BCUT2D eigenvalue weighted by Crippen LogP contribution is 2.12. The van der Waals surface area contributed by atoms with Crippen molar-refractivity contribution in [2.45, 2.75) is 13.1 Å². The number of aromatic nitrogens is 3. The summed E-state index contributed by atoms with van der Waals surface area (Å²) in [6, 6.07) is 16.2. The lowest BCUT2D eigenvalue weighted by atomic mass is 10.2. The molecule has 0 aliphatic carbocycles. The SMILES string of the molecule is O=C(NCCn1nc(-c2cccnc2)ccc1=O)NCc1ccccc1. The molecule has 0 fully saturated rings. The van der Waals surface area contributed by atoms with Crippen molar-refractivity contribution in [3.8, 4) is 11.3 Å². The normalized spacial score (nSPS) is 10.3. The van der Waals surface area contributed by atoms with E-state index in [-0.39, 0.29) is 18.1 Å². The Hall–Kier alpha value is -3.48. The first-order valence-corrected chi connectivity index (χ1v) is 8.26. The average Bonchev–Trinajstić information content (AvgIpc) is 2.69. The summed E-state index contributed by atoms with van der Waals surface area (Å²) in [6.07, 6.45) is 3.37.